The van der Waals surface area contributed by atoms with Crippen molar-refractivity contribution in [2.45, 2.75) is 4.90 Å². The molecule has 0 aromatic heterocycles. The summed E-state index contributed by atoms with van der Waals surface area (Å²) in [4.78, 5) is 12.7. The average Bonchev–Trinajstić information content (AvgIpc) is 2.47. The minimum atomic E-state index is -0.307. The van der Waals surface area contributed by atoms with E-state index < -0.39 is 0 Å². The molecule has 0 aliphatic heterocycles. The van der Waals surface area contributed by atoms with Crippen molar-refractivity contribution in [2.75, 3.05) is 5.75 Å². The quantitative estimate of drug-likeness (QED) is 0.485. The van der Waals surface area contributed by atoms with Crippen molar-refractivity contribution in [1.82, 2.24) is 0 Å². The van der Waals surface area contributed by atoms with Crippen LogP contribution in [0.25, 0.3) is 0 Å². The van der Waals surface area contributed by atoms with E-state index in [1.54, 1.807) is 24.3 Å². The molecule has 2 aromatic carbocycles. The number of hydrogen-bond donors (Lipinski definition) is 0. The van der Waals surface area contributed by atoms with Crippen molar-refractivity contribution in [1.29, 1.82) is 5.26 Å². The van der Waals surface area contributed by atoms with E-state index in [0.717, 1.165) is 4.90 Å². The summed E-state index contributed by atoms with van der Waals surface area (Å²) in [5.74, 6) is 0.403. The first-order valence-corrected chi connectivity index (χ1v) is 6.65. The van der Waals surface area contributed by atoms with Gasteiger partial charge in [-0.05, 0) is 36.4 Å². The van der Waals surface area contributed by atoms with Crippen LogP contribution < -0.4 is 4.74 Å². The molecule has 4 heteroatoms. The van der Waals surface area contributed by atoms with E-state index in [9.17, 15) is 4.79 Å². The Balaban J connectivity index is 1.86. The fourth-order valence-corrected chi connectivity index (χ4v) is 2.11. The van der Waals surface area contributed by atoms with E-state index >= 15 is 0 Å². The van der Waals surface area contributed by atoms with E-state index in [-0.39, 0.29) is 11.7 Å². The Bertz CT molecular complexity index is 588. The topological polar surface area (TPSA) is 50.1 Å². The van der Waals surface area contributed by atoms with Gasteiger partial charge >= 0.3 is 5.97 Å². The molecule has 2 aromatic rings. The zero-order chi connectivity index (χ0) is 13.5. The van der Waals surface area contributed by atoms with E-state index in [2.05, 4.69) is 0 Å². The van der Waals surface area contributed by atoms with Crippen molar-refractivity contribution in [2.24, 2.45) is 0 Å². The minimum Gasteiger partial charge on any atom is -0.426 e. The lowest BCUT2D eigenvalue weighted by atomic mass is 10.2. The van der Waals surface area contributed by atoms with Gasteiger partial charge in [-0.3, -0.25) is 4.79 Å². The summed E-state index contributed by atoms with van der Waals surface area (Å²) in [5, 5.41) is 8.66. The maximum absolute atomic E-state index is 11.6. The maximum atomic E-state index is 11.6. The fraction of sp³-hybridized carbons (Fsp3) is 0.0667. The minimum absolute atomic E-state index is 0.254. The van der Waals surface area contributed by atoms with Crippen LogP contribution in [0.3, 0.4) is 0 Å². The number of carbonyl (C=O) groups is 1. The predicted octanol–water partition coefficient (Wildman–Crippen LogP) is 3.26. The van der Waals surface area contributed by atoms with Crippen LogP contribution in [-0.2, 0) is 4.79 Å². The number of nitrogens with zero attached hydrogens (tertiary/aromatic N) is 1. The molecule has 19 heavy (non-hydrogen) atoms. The summed E-state index contributed by atoms with van der Waals surface area (Å²) >= 11 is 1.43. The molecule has 94 valence electrons. The third-order valence-electron chi connectivity index (χ3n) is 2.31. The molecule has 0 N–H and O–H groups in total. The van der Waals surface area contributed by atoms with Crippen molar-refractivity contribution in [3.63, 3.8) is 0 Å². The molecule has 0 heterocycles. The Morgan fingerprint density at radius 3 is 2.42 bits per heavy atom. The molecule has 0 saturated carbocycles. The highest BCUT2D eigenvalue weighted by Gasteiger charge is 2.05. The van der Waals surface area contributed by atoms with Crippen molar-refractivity contribution in [3.05, 3.63) is 60.2 Å². The first-order chi connectivity index (χ1) is 9.28. The SMILES string of the molecule is N#Cc1ccc(OC(=O)CSc2ccccc2)cc1. The zero-order valence-corrected chi connectivity index (χ0v) is 10.9. The number of benzene rings is 2. The molecule has 3 nitrogen and oxygen atoms in total. The molecular weight excluding hydrogens is 258 g/mol. The van der Waals surface area contributed by atoms with Crippen LogP contribution in [0.1, 0.15) is 5.56 Å². The lowest BCUT2D eigenvalue weighted by Crippen LogP contribution is -2.10. The number of thioether (sulfide) groups is 1. The van der Waals surface area contributed by atoms with Gasteiger partial charge in [0.05, 0.1) is 17.4 Å². The second-order valence-corrected chi connectivity index (χ2v) is 4.76. The molecule has 0 saturated heterocycles. The van der Waals surface area contributed by atoms with Gasteiger partial charge in [0.25, 0.3) is 0 Å². The summed E-state index contributed by atoms with van der Waals surface area (Å²) in [6.45, 7) is 0. The molecular formula is C15H11NO2S. The lowest BCUT2D eigenvalue weighted by molar-refractivity contribution is -0.131. The highest BCUT2D eigenvalue weighted by atomic mass is 32.2. The van der Waals surface area contributed by atoms with Crippen LogP contribution >= 0.6 is 11.8 Å². The Labute approximate surface area is 115 Å². The number of hydrogen-bond acceptors (Lipinski definition) is 4. The zero-order valence-electron chi connectivity index (χ0n) is 10.1. The summed E-state index contributed by atoms with van der Waals surface area (Å²) in [5.41, 5.74) is 0.540. The van der Waals surface area contributed by atoms with Gasteiger partial charge in [-0.2, -0.15) is 5.26 Å². The smallest absolute Gasteiger partial charge is 0.321 e. The third kappa shape index (κ3) is 4.16. The standard InChI is InChI=1S/C15H11NO2S/c16-10-12-6-8-13(9-7-12)18-15(17)11-19-14-4-2-1-3-5-14/h1-9H,11H2. The summed E-state index contributed by atoms with van der Waals surface area (Å²) in [6, 6.07) is 18.1. The summed E-state index contributed by atoms with van der Waals surface area (Å²) < 4.78 is 5.17. The van der Waals surface area contributed by atoms with Gasteiger partial charge in [0.1, 0.15) is 5.75 Å². The first kappa shape index (κ1) is 13.2. The number of nitriles is 1. The molecule has 0 bridgehead atoms. The van der Waals surface area contributed by atoms with Gasteiger partial charge in [0, 0.05) is 4.90 Å². The monoisotopic (exact) mass is 269 g/mol. The van der Waals surface area contributed by atoms with Crippen LogP contribution in [0.15, 0.2) is 59.5 Å². The molecule has 0 aliphatic rings. The third-order valence-corrected chi connectivity index (χ3v) is 3.30. The molecule has 0 aliphatic carbocycles. The number of ether oxygens (including phenoxy) is 1. The number of carbonyl (C=O) groups excluding carboxylic acids is 1. The molecule has 2 rings (SSSR count). The fourth-order valence-electron chi connectivity index (χ4n) is 1.42. The molecule has 0 spiro atoms. The number of esters is 1. The van der Waals surface area contributed by atoms with Crippen molar-refractivity contribution >= 4 is 17.7 Å². The van der Waals surface area contributed by atoms with Gasteiger partial charge in [-0.25, -0.2) is 0 Å². The van der Waals surface area contributed by atoms with Gasteiger partial charge < -0.3 is 4.74 Å². The number of rotatable bonds is 4. The maximum Gasteiger partial charge on any atom is 0.321 e. The normalized spacial score (nSPS) is 9.63. The summed E-state index contributed by atoms with van der Waals surface area (Å²) in [6.07, 6.45) is 0. The van der Waals surface area contributed by atoms with Gasteiger partial charge in [-0.1, -0.05) is 18.2 Å². The van der Waals surface area contributed by atoms with Crippen LogP contribution in [0, 0.1) is 11.3 Å². The molecule has 0 amide bonds. The van der Waals surface area contributed by atoms with Crippen molar-refractivity contribution < 1.29 is 9.53 Å². The van der Waals surface area contributed by atoms with Gasteiger partial charge in [0.2, 0.25) is 0 Å². The van der Waals surface area contributed by atoms with E-state index in [4.69, 9.17) is 10.00 Å². The summed E-state index contributed by atoms with van der Waals surface area (Å²) in [7, 11) is 0. The largest absolute Gasteiger partial charge is 0.426 e. The van der Waals surface area contributed by atoms with Crippen LogP contribution in [0.5, 0.6) is 5.75 Å². The lowest BCUT2D eigenvalue weighted by Gasteiger charge is -2.04. The van der Waals surface area contributed by atoms with E-state index in [0.29, 0.717) is 11.3 Å². The van der Waals surface area contributed by atoms with Crippen LogP contribution in [0.4, 0.5) is 0 Å². The Morgan fingerprint density at radius 2 is 1.79 bits per heavy atom. The Hall–Kier alpha value is -2.25. The second kappa shape index (κ2) is 6.62. The van der Waals surface area contributed by atoms with Gasteiger partial charge in [-0.15, -0.1) is 11.8 Å². The van der Waals surface area contributed by atoms with Crippen molar-refractivity contribution in [3.8, 4) is 11.8 Å². The molecule has 0 atom stereocenters. The Morgan fingerprint density at radius 1 is 1.11 bits per heavy atom. The molecule has 0 unspecified atom stereocenters. The molecule has 0 fully saturated rings. The van der Waals surface area contributed by atoms with Crippen LogP contribution in [-0.4, -0.2) is 11.7 Å². The first-order valence-electron chi connectivity index (χ1n) is 5.66. The highest BCUT2D eigenvalue weighted by molar-refractivity contribution is 8.00. The second-order valence-electron chi connectivity index (χ2n) is 3.71. The highest BCUT2D eigenvalue weighted by Crippen LogP contribution is 2.18. The van der Waals surface area contributed by atoms with E-state index in [1.165, 1.54) is 11.8 Å². The van der Waals surface area contributed by atoms with Gasteiger partial charge in [0.15, 0.2) is 0 Å². The Kier molecular flexibility index (Phi) is 4.60. The average molecular weight is 269 g/mol. The van der Waals surface area contributed by atoms with Crippen LogP contribution in [0.2, 0.25) is 0 Å². The van der Waals surface area contributed by atoms with E-state index in [1.807, 2.05) is 36.4 Å². The molecule has 0 radical (unpaired) electrons. The predicted molar refractivity (Wildman–Crippen MR) is 74.0 cm³/mol.